The van der Waals surface area contributed by atoms with E-state index in [2.05, 4.69) is 31.5 Å². The summed E-state index contributed by atoms with van der Waals surface area (Å²) in [5, 5.41) is 12.6. The number of hydrogen-bond donors (Lipinski definition) is 3. The topological polar surface area (TPSA) is 109 Å². The summed E-state index contributed by atoms with van der Waals surface area (Å²) in [6, 6.07) is 11.9. The molecule has 3 N–H and O–H groups in total. The Morgan fingerprint density at radius 3 is 2.72 bits per heavy atom. The monoisotopic (exact) mass is 478 g/mol. The molecule has 1 saturated heterocycles. The molecule has 2 aliphatic rings. The van der Waals surface area contributed by atoms with E-state index in [-0.39, 0.29) is 11.3 Å². The predicted molar refractivity (Wildman–Crippen MR) is 137 cm³/mol. The number of ether oxygens (including phenoxy) is 1. The van der Waals surface area contributed by atoms with Gasteiger partial charge in [0.25, 0.3) is 5.91 Å². The number of hydrogen-bond acceptors (Lipinski definition) is 5. The summed E-state index contributed by atoms with van der Waals surface area (Å²) in [5.74, 6) is 0.613. The van der Waals surface area contributed by atoms with Crippen LogP contribution in [0.5, 0.6) is 0 Å². The Morgan fingerprint density at radius 1 is 1.11 bits per heavy atom. The molecule has 8 heteroatoms. The van der Waals surface area contributed by atoms with Gasteiger partial charge >= 0.3 is 0 Å². The van der Waals surface area contributed by atoms with Gasteiger partial charge in [0.05, 0.1) is 42.7 Å². The van der Waals surface area contributed by atoms with Gasteiger partial charge in [-0.2, -0.15) is 5.10 Å². The van der Waals surface area contributed by atoms with E-state index in [0.29, 0.717) is 12.1 Å². The lowest BCUT2D eigenvalue weighted by Crippen LogP contribution is -2.46. The summed E-state index contributed by atoms with van der Waals surface area (Å²) in [6.07, 6.45) is 6.75. The van der Waals surface area contributed by atoms with Crippen LogP contribution in [-0.2, 0) is 24.1 Å². The molecule has 1 spiro atoms. The summed E-state index contributed by atoms with van der Waals surface area (Å²) >= 11 is 0. The third-order valence-corrected chi connectivity index (χ3v) is 7.65. The van der Waals surface area contributed by atoms with Gasteiger partial charge < -0.3 is 15.0 Å². The van der Waals surface area contributed by atoms with Crippen molar-refractivity contribution in [3.05, 3.63) is 77.0 Å². The maximum absolute atomic E-state index is 12.7. The number of carbonyl (C=O) groups excluding carboxylic acids is 1. The van der Waals surface area contributed by atoms with Gasteiger partial charge in [-0.1, -0.05) is 12.1 Å². The van der Waals surface area contributed by atoms with E-state index in [1.54, 1.807) is 6.20 Å². The molecule has 180 valence electrons. The molecule has 1 aliphatic carbocycles. The fourth-order valence-corrected chi connectivity index (χ4v) is 5.70. The second-order valence-electron chi connectivity index (χ2n) is 10.2. The van der Waals surface area contributed by atoms with Crippen molar-refractivity contribution in [2.24, 2.45) is 5.41 Å². The molecule has 1 fully saturated rings. The quantitative estimate of drug-likeness (QED) is 0.358. The summed E-state index contributed by atoms with van der Waals surface area (Å²) < 4.78 is 5.63. The van der Waals surface area contributed by atoms with Crippen molar-refractivity contribution in [1.29, 1.82) is 0 Å². The van der Waals surface area contributed by atoms with Crippen molar-refractivity contribution in [3.8, 4) is 11.3 Å². The standard InChI is InChI=1S/C28H26N6O2/c1-16-11-29-24(32-16)13-30-27(35)18-4-2-17(3-5-18)26-20-10-28(14-36-15-28)9-8-19(20)25-21-12-31-34-22(21)6-7-23(25)33-26/h2-7,11-12H,8-10,13-15H2,1H3,(H,29,32)(H,30,35)(H,31,34). The highest BCUT2D eigenvalue weighted by Gasteiger charge is 2.42. The van der Waals surface area contributed by atoms with Crippen molar-refractivity contribution in [1.82, 2.24) is 30.5 Å². The predicted octanol–water partition coefficient (Wildman–Crippen LogP) is 4.24. The van der Waals surface area contributed by atoms with Gasteiger partial charge in [-0.15, -0.1) is 0 Å². The van der Waals surface area contributed by atoms with Gasteiger partial charge in [0, 0.05) is 39.2 Å². The molecular weight excluding hydrogens is 452 g/mol. The maximum atomic E-state index is 12.7. The number of imidazole rings is 1. The number of H-pyrrole nitrogens is 2. The zero-order valence-electron chi connectivity index (χ0n) is 20.0. The summed E-state index contributed by atoms with van der Waals surface area (Å²) in [6.45, 7) is 3.93. The first-order valence-electron chi connectivity index (χ1n) is 12.3. The SMILES string of the molecule is Cc1cnc(CNC(=O)c2ccc(-c3nc4ccc5[nH]ncc5c4c4c3CC3(CC4)COC3)cc2)[nH]1. The lowest BCUT2D eigenvalue weighted by atomic mass is 9.69. The Labute approximate surface area is 207 Å². The largest absolute Gasteiger partial charge is 0.380 e. The highest BCUT2D eigenvalue weighted by Crippen LogP contribution is 2.46. The van der Waals surface area contributed by atoms with Crippen LogP contribution in [0.3, 0.4) is 0 Å². The van der Waals surface area contributed by atoms with Gasteiger partial charge in [-0.25, -0.2) is 9.97 Å². The minimum absolute atomic E-state index is 0.128. The molecule has 36 heavy (non-hydrogen) atoms. The first-order chi connectivity index (χ1) is 17.6. The lowest BCUT2D eigenvalue weighted by molar-refractivity contribution is -0.119. The molecule has 8 nitrogen and oxygen atoms in total. The normalized spacial score (nSPS) is 16.2. The van der Waals surface area contributed by atoms with Gasteiger partial charge in [-0.05, 0) is 61.6 Å². The molecule has 0 saturated carbocycles. The van der Waals surface area contributed by atoms with Crippen LogP contribution >= 0.6 is 0 Å². The molecule has 1 aliphatic heterocycles. The van der Waals surface area contributed by atoms with E-state index >= 15 is 0 Å². The van der Waals surface area contributed by atoms with E-state index in [0.717, 1.165) is 71.7 Å². The number of nitrogens with one attached hydrogen (secondary N) is 3. The third kappa shape index (κ3) is 3.40. The molecule has 0 unspecified atom stereocenters. The smallest absolute Gasteiger partial charge is 0.251 e. The Balaban J connectivity index is 1.26. The number of carbonyl (C=O) groups is 1. The Bertz CT molecular complexity index is 1630. The Morgan fingerprint density at radius 2 is 1.97 bits per heavy atom. The molecule has 0 bridgehead atoms. The number of nitrogens with zero attached hydrogens (tertiary/aromatic N) is 3. The number of aromatic nitrogens is 5. The first-order valence-corrected chi connectivity index (χ1v) is 12.3. The zero-order valence-corrected chi connectivity index (χ0v) is 20.0. The Kier molecular flexibility index (Phi) is 4.72. The van der Waals surface area contributed by atoms with Crippen LogP contribution in [0.4, 0.5) is 0 Å². The fourth-order valence-electron chi connectivity index (χ4n) is 5.70. The van der Waals surface area contributed by atoms with Gasteiger partial charge in [0.1, 0.15) is 5.82 Å². The van der Waals surface area contributed by atoms with Crippen molar-refractivity contribution in [2.75, 3.05) is 13.2 Å². The maximum Gasteiger partial charge on any atom is 0.251 e. The number of rotatable bonds is 4. The van der Waals surface area contributed by atoms with Crippen molar-refractivity contribution in [3.63, 3.8) is 0 Å². The zero-order chi connectivity index (χ0) is 24.3. The van der Waals surface area contributed by atoms with E-state index in [1.807, 2.05) is 43.5 Å². The fraction of sp³-hybridized carbons (Fsp3) is 0.286. The summed E-state index contributed by atoms with van der Waals surface area (Å²) in [5.41, 5.74) is 8.51. The molecule has 2 aromatic carbocycles. The lowest BCUT2D eigenvalue weighted by Gasteiger charge is -2.45. The molecule has 5 aromatic rings. The number of benzene rings is 2. The van der Waals surface area contributed by atoms with Crippen LogP contribution in [0, 0.1) is 12.3 Å². The number of amides is 1. The van der Waals surface area contributed by atoms with Gasteiger partial charge in [0.2, 0.25) is 0 Å². The molecular formula is C28H26N6O2. The molecule has 0 radical (unpaired) electrons. The van der Waals surface area contributed by atoms with Crippen LogP contribution < -0.4 is 5.32 Å². The van der Waals surface area contributed by atoms with Crippen molar-refractivity contribution >= 4 is 27.7 Å². The van der Waals surface area contributed by atoms with Crippen molar-refractivity contribution in [2.45, 2.75) is 32.7 Å². The minimum atomic E-state index is -0.128. The van der Waals surface area contributed by atoms with E-state index in [1.165, 1.54) is 16.5 Å². The van der Waals surface area contributed by atoms with Crippen LogP contribution in [0.25, 0.3) is 33.1 Å². The molecule has 7 rings (SSSR count). The van der Waals surface area contributed by atoms with Crippen molar-refractivity contribution < 1.29 is 9.53 Å². The van der Waals surface area contributed by atoms with Gasteiger partial charge in [0.15, 0.2) is 0 Å². The second kappa shape index (κ2) is 7.99. The Hall–Kier alpha value is -4.04. The number of aryl methyl sites for hydroxylation is 2. The van der Waals surface area contributed by atoms with E-state index in [4.69, 9.17) is 9.72 Å². The molecule has 3 aromatic heterocycles. The molecule has 4 heterocycles. The molecule has 1 amide bonds. The highest BCUT2D eigenvalue weighted by molar-refractivity contribution is 6.07. The molecule has 0 atom stereocenters. The van der Waals surface area contributed by atoms with E-state index < -0.39 is 0 Å². The average Bonchev–Trinajstić information content (AvgIpc) is 3.54. The first kappa shape index (κ1) is 21.3. The summed E-state index contributed by atoms with van der Waals surface area (Å²) in [4.78, 5) is 25.3. The minimum Gasteiger partial charge on any atom is -0.380 e. The number of aromatic amines is 2. The number of pyridine rings is 1. The van der Waals surface area contributed by atoms with Crippen LogP contribution in [0.1, 0.15) is 39.4 Å². The van der Waals surface area contributed by atoms with E-state index in [9.17, 15) is 4.79 Å². The van der Waals surface area contributed by atoms with Crippen LogP contribution in [-0.4, -0.2) is 44.3 Å². The summed E-state index contributed by atoms with van der Waals surface area (Å²) in [7, 11) is 0. The average molecular weight is 479 g/mol. The van der Waals surface area contributed by atoms with Crippen LogP contribution in [0.15, 0.2) is 48.8 Å². The van der Waals surface area contributed by atoms with Gasteiger partial charge in [-0.3, -0.25) is 9.89 Å². The van der Waals surface area contributed by atoms with Crippen LogP contribution in [0.2, 0.25) is 0 Å². The third-order valence-electron chi connectivity index (χ3n) is 7.65. The number of fused-ring (bicyclic) bond motifs is 5. The highest BCUT2D eigenvalue weighted by atomic mass is 16.5. The second-order valence-corrected chi connectivity index (χ2v) is 10.2.